The van der Waals surface area contributed by atoms with Crippen LogP contribution >= 0.6 is 11.8 Å². The van der Waals surface area contributed by atoms with Gasteiger partial charge in [-0.2, -0.15) is 0 Å². The monoisotopic (exact) mass is 418 g/mol. The van der Waals surface area contributed by atoms with Gasteiger partial charge in [-0.15, -0.1) is 11.8 Å². The molecule has 0 aromatic heterocycles. The van der Waals surface area contributed by atoms with Crippen molar-refractivity contribution in [1.82, 2.24) is 0 Å². The van der Waals surface area contributed by atoms with Crippen molar-refractivity contribution in [2.45, 2.75) is 37.0 Å². The minimum absolute atomic E-state index is 0.0264. The molecule has 2 aromatic rings. The van der Waals surface area contributed by atoms with Gasteiger partial charge in [0.15, 0.2) is 6.10 Å². The van der Waals surface area contributed by atoms with E-state index in [0.29, 0.717) is 16.3 Å². The Morgan fingerprint density at radius 1 is 1.14 bits per heavy atom. The van der Waals surface area contributed by atoms with Crippen LogP contribution in [-0.2, 0) is 14.3 Å². The fourth-order valence-corrected chi connectivity index (χ4v) is 3.23. The smallest absolute Gasteiger partial charge is 0.319 e. The van der Waals surface area contributed by atoms with Crippen LogP contribution in [0.25, 0.3) is 0 Å². The number of hydrogen-bond acceptors (Lipinski definition) is 7. The Morgan fingerprint density at radius 3 is 2.38 bits per heavy atom. The summed E-state index contributed by atoms with van der Waals surface area (Å²) in [6, 6.07) is 11.2. The minimum Gasteiger partial charge on any atom is -0.495 e. The van der Waals surface area contributed by atoms with Crippen LogP contribution in [-0.4, -0.2) is 35.3 Å². The number of anilines is 1. The van der Waals surface area contributed by atoms with Gasteiger partial charge in [0.2, 0.25) is 0 Å². The highest BCUT2D eigenvalue weighted by atomic mass is 32.2. The van der Waals surface area contributed by atoms with E-state index in [1.54, 1.807) is 31.2 Å². The maximum Gasteiger partial charge on any atom is 0.319 e. The van der Waals surface area contributed by atoms with Gasteiger partial charge in [-0.3, -0.25) is 19.7 Å². The third-order valence-electron chi connectivity index (χ3n) is 3.97. The van der Waals surface area contributed by atoms with E-state index in [9.17, 15) is 19.7 Å². The number of carbonyl (C=O) groups is 2. The molecule has 0 saturated heterocycles. The summed E-state index contributed by atoms with van der Waals surface area (Å²) in [7, 11) is 1.50. The zero-order valence-electron chi connectivity index (χ0n) is 16.5. The number of rotatable bonds is 8. The van der Waals surface area contributed by atoms with Gasteiger partial charge >= 0.3 is 5.97 Å². The fraction of sp³-hybridized carbons (Fsp3) is 0.300. The molecule has 2 aromatic carbocycles. The molecule has 0 saturated carbocycles. The van der Waals surface area contributed by atoms with Crippen molar-refractivity contribution in [2.75, 3.05) is 12.4 Å². The number of esters is 1. The van der Waals surface area contributed by atoms with E-state index < -0.39 is 28.2 Å². The highest BCUT2D eigenvalue weighted by molar-refractivity contribution is 8.00. The lowest BCUT2D eigenvalue weighted by Gasteiger charge is -2.17. The van der Waals surface area contributed by atoms with E-state index >= 15 is 0 Å². The predicted octanol–water partition coefficient (Wildman–Crippen LogP) is 3.96. The average molecular weight is 418 g/mol. The van der Waals surface area contributed by atoms with Crippen molar-refractivity contribution in [3.8, 4) is 5.75 Å². The van der Waals surface area contributed by atoms with E-state index in [4.69, 9.17) is 9.47 Å². The molecule has 29 heavy (non-hydrogen) atoms. The maximum absolute atomic E-state index is 12.4. The van der Waals surface area contributed by atoms with E-state index in [1.165, 1.54) is 37.9 Å². The second-order valence-electron chi connectivity index (χ2n) is 6.28. The van der Waals surface area contributed by atoms with Crippen molar-refractivity contribution < 1.29 is 24.0 Å². The number of aryl methyl sites for hydroxylation is 1. The molecule has 0 bridgehead atoms. The molecule has 2 rings (SSSR count). The van der Waals surface area contributed by atoms with Crippen LogP contribution in [0.2, 0.25) is 0 Å². The Bertz CT molecular complexity index is 900. The molecule has 0 unspecified atom stereocenters. The third kappa shape index (κ3) is 6.21. The normalized spacial score (nSPS) is 12.6. The largest absolute Gasteiger partial charge is 0.495 e. The van der Waals surface area contributed by atoms with Gasteiger partial charge in [-0.25, -0.2) is 0 Å². The number of carbonyl (C=O) groups excluding carboxylic acids is 2. The Morgan fingerprint density at radius 2 is 1.79 bits per heavy atom. The lowest BCUT2D eigenvalue weighted by Crippen LogP contribution is -2.32. The molecule has 2 atom stereocenters. The lowest BCUT2D eigenvalue weighted by molar-refractivity contribution is -0.384. The first-order chi connectivity index (χ1) is 13.7. The number of nitro groups is 1. The van der Waals surface area contributed by atoms with Gasteiger partial charge in [-0.05, 0) is 50.6 Å². The first-order valence-corrected chi connectivity index (χ1v) is 9.66. The van der Waals surface area contributed by atoms with E-state index in [0.717, 1.165) is 5.56 Å². The summed E-state index contributed by atoms with van der Waals surface area (Å²) in [6.07, 6.45) is -1.01. The lowest BCUT2D eigenvalue weighted by atomic mass is 10.2. The minimum atomic E-state index is -1.01. The second kappa shape index (κ2) is 9.92. The second-order valence-corrected chi connectivity index (χ2v) is 7.70. The van der Waals surface area contributed by atoms with Gasteiger partial charge in [0.1, 0.15) is 11.0 Å². The number of ether oxygens (including phenoxy) is 2. The molecule has 0 fully saturated rings. The van der Waals surface area contributed by atoms with Gasteiger partial charge in [0, 0.05) is 17.0 Å². The molecule has 0 radical (unpaired) electrons. The molecule has 0 aliphatic rings. The Hall–Kier alpha value is -3.07. The number of hydrogen-bond donors (Lipinski definition) is 1. The summed E-state index contributed by atoms with van der Waals surface area (Å²) in [5.74, 6) is -0.536. The molecule has 0 spiro atoms. The van der Waals surface area contributed by atoms with Crippen molar-refractivity contribution >= 4 is 35.0 Å². The molecular formula is C20H22N2O6S. The van der Waals surface area contributed by atoms with Gasteiger partial charge < -0.3 is 14.8 Å². The quantitative estimate of drug-likeness (QED) is 0.299. The molecule has 1 amide bonds. The number of thioether (sulfide) groups is 1. The third-order valence-corrected chi connectivity index (χ3v) is 5.06. The SMILES string of the molecule is COc1ccc(C)cc1NC(=O)[C@H](C)OC(=O)[C@H](C)Sc1ccc([N+](=O)[O-])cc1. The van der Waals surface area contributed by atoms with E-state index in [-0.39, 0.29) is 5.69 Å². The molecule has 9 heteroatoms. The Balaban J connectivity index is 1.94. The summed E-state index contributed by atoms with van der Waals surface area (Å²) in [5, 5.41) is 12.8. The molecule has 0 heterocycles. The van der Waals surface area contributed by atoms with Gasteiger partial charge in [0.25, 0.3) is 11.6 Å². The number of amides is 1. The van der Waals surface area contributed by atoms with Crippen LogP contribution in [0.15, 0.2) is 47.4 Å². The van der Waals surface area contributed by atoms with Crippen molar-refractivity contribution in [3.63, 3.8) is 0 Å². The first kappa shape index (κ1) is 22.2. The summed E-state index contributed by atoms with van der Waals surface area (Å²) >= 11 is 1.19. The average Bonchev–Trinajstić information content (AvgIpc) is 2.68. The number of nitro benzene ring substituents is 1. The molecule has 154 valence electrons. The van der Waals surface area contributed by atoms with E-state index in [2.05, 4.69) is 5.32 Å². The van der Waals surface area contributed by atoms with Gasteiger partial charge in [0.05, 0.1) is 17.7 Å². The molecular weight excluding hydrogens is 396 g/mol. The Labute approximate surface area is 172 Å². The van der Waals surface area contributed by atoms with Crippen LogP contribution in [0.4, 0.5) is 11.4 Å². The van der Waals surface area contributed by atoms with Crippen LogP contribution in [0.3, 0.4) is 0 Å². The molecule has 0 aliphatic carbocycles. The maximum atomic E-state index is 12.4. The van der Waals surface area contributed by atoms with Crippen molar-refractivity contribution in [3.05, 3.63) is 58.1 Å². The number of benzene rings is 2. The van der Waals surface area contributed by atoms with Crippen LogP contribution < -0.4 is 10.1 Å². The summed E-state index contributed by atoms with van der Waals surface area (Å²) in [5.41, 5.74) is 1.41. The number of nitrogens with one attached hydrogen (secondary N) is 1. The van der Waals surface area contributed by atoms with Crippen molar-refractivity contribution in [1.29, 1.82) is 0 Å². The first-order valence-electron chi connectivity index (χ1n) is 8.78. The number of nitrogens with zero attached hydrogens (tertiary/aromatic N) is 1. The summed E-state index contributed by atoms with van der Waals surface area (Å²) < 4.78 is 10.5. The highest BCUT2D eigenvalue weighted by Gasteiger charge is 2.23. The predicted molar refractivity (Wildman–Crippen MR) is 110 cm³/mol. The fourth-order valence-electron chi connectivity index (χ4n) is 2.38. The van der Waals surface area contributed by atoms with Crippen LogP contribution in [0.5, 0.6) is 5.75 Å². The van der Waals surface area contributed by atoms with Crippen LogP contribution in [0, 0.1) is 17.0 Å². The standard InChI is InChI=1S/C20H22N2O6S/c1-12-5-10-18(27-4)17(11-12)21-19(23)13(2)28-20(24)14(3)29-16-8-6-15(7-9-16)22(25)26/h5-11,13-14H,1-4H3,(H,21,23)/t13-,14-/m0/s1. The summed E-state index contributed by atoms with van der Waals surface area (Å²) in [6.45, 7) is 5.01. The summed E-state index contributed by atoms with van der Waals surface area (Å²) in [4.78, 5) is 35.6. The number of non-ortho nitro benzene ring substituents is 1. The molecule has 1 N–H and O–H groups in total. The number of methoxy groups -OCH3 is 1. The highest BCUT2D eigenvalue weighted by Crippen LogP contribution is 2.27. The van der Waals surface area contributed by atoms with E-state index in [1.807, 2.05) is 13.0 Å². The van der Waals surface area contributed by atoms with Gasteiger partial charge in [-0.1, -0.05) is 6.07 Å². The Kier molecular flexibility index (Phi) is 7.60. The zero-order valence-corrected chi connectivity index (χ0v) is 17.3. The zero-order chi connectivity index (χ0) is 21.6. The molecule has 8 nitrogen and oxygen atoms in total. The van der Waals surface area contributed by atoms with Crippen LogP contribution in [0.1, 0.15) is 19.4 Å². The topological polar surface area (TPSA) is 108 Å². The molecule has 0 aliphatic heterocycles. The van der Waals surface area contributed by atoms with Crippen molar-refractivity contribution in [2.24, 2.45) is 0 Å².